The van der Waals surface area contributed by atoms with Gasteiger partial charge in [0.25, 0.3) is 0 Å². The van der Waals surface area contributed by atoms with E-state index in [4.69, 9.17) is 0 Å². The van der Waals surface area contributed by atoms with Crippen molar-refractivity contribution in [2.24, 2.45) is 0 Å². The summed E-state index contributed by atoms with van der Waals surface area (Å²) in [7, 11) is 0. The molecule has 3 N–H and O–H groups in total. The molecule has 7 nitrogen and oxygen atoms in total. The van der Waals surface area contributed by atoms with Crippen LogP contribution in [0.3, 0.4) is 0 Å². The van der Waals surface area contributed by atoms with Gasteiger partial charge in [0.1, 0.15) is 0 Å². The van der Waals surface area contributed by atoms with Gasteiger partial charge >= 0.3 is 6.03 Å². The molecule has 0 bridgehead atoms. The Morgan fingerprint density at radius 2 is 1.55 bits per heavy atom. The van der Waals surface area contributed by atoms with E-state index in [1.807, 2.05) is 24.3 Å². The monoisotopic (exact) mass is 449 g/mol. The van der Waals surface area contributed by atoms with Crippen LogP contribution in [0, 0.1) is 0 Å². The fraction of sp³-hybridized carbons (Fsp3) is 0.462. The summed E-state index contributed by atoms with van der Waals surface area (Å²) >= 11 is 0. The zero-order valence-electron chi connectivity index (χ0n) is 19.3. The quantitative estimate of drug-likeness (QED) is 0.604. The standard InChI is InChI=1S/C26H35N5O2/c32-25(19-27-26(33)29-22-9-5-2-6-10-22)28-23-11-13-24(14-12-23)31-17-15-30(16-18-31)20-21-7-3-1-4-8-21/h1,3-4,7-8,11-14,22H,2,5-6,9-10,15-20H2,(H,28,32)(H2,27,29,33). The number of nitrogens with one attached hydrogen (secondary N) is 3. The van der Waals surface area contributed by atoms with Gasteiger partial charge in [0, 0.05) is 50.1 Å². The number of nitrogens with zero attached hydrogens (tertiary/aromatic N) is 2. The third-order valence-corrected chi connectivity index (χ3v) is 6.49. The van der Waals surface area contributed by atoms with Crippen molar-refractivity contribution in [1.29, 1.82) is 0 Å². The first-order valence-electron chi connectivity index (χ1n) is 12.1. The van der Waals surface area contributed by atoms with E-state index in [9.17, 15) is 9.59 Å². The number of benzene rings is 2. The molecule has 1 heterocycles. The Bertz CT molecular complexity index is 889. The number of carbonyl (C=O) groups is 2. The van der Waals surface area contributed by atoms with Crippen LogP contribution in [0.1, 0.15) is 37.7 Å². The van der Waals surface area contributed by atoms with Gasteiger partial charge in [-0.05, 0) is 42.7 Å². The summed E-state index contributed by atoms with van der Waals surface area (Å²) in [5, 5.41) is 8.48. The fourth-order valence-corrected chi connectivity index (χ4v) is 4.61. The van der Waals surface area contributed by atoms with E-state index in [-0.39, 0.29) is 24.5 Å². The molecule has 1 saturated carbocycles. The predicted molar refractivity (Wildman–Crippen MR) is 132 cm³/mol. The third kappa shape index (κ3) is 7.22. The van der Waals surface area contributed by atoms with E-state index in [0.29, 0.717) is 0 Å². The van der Waals surface area contributed by atoms with Gasteiger partial charge in [-0.25, -0.2) is 4.79 Å². The topological polar surface area (TPSA) is 76.7 Å². The maximum atomic E-state index is 12.2. The van der Waals surface area contributed by atoms with Crippen molar-refractivity contribution in [1.82, 2.24) is 15.5 Å². The zero-order chi connectivity index (χ0) is 22.9. The highest BCUT2D eigenvalue weighted by Gasteiger charge is 2.18. The zero-order valence-corrected chi connectivity index (χ0v) is 19.3. The number of piperazine rings is 1. The van der Waals surface area contributed by atoms with Crippen LogP contribution in [0.15, 0.2) is 54.6 Å². The molecule has 0 unspecified atom stereocenters. The van der Waals surface area contributed by atoms with Crippen molar-refractivity contribution in [3.05, 3.63) is 60.2 Å². The molecule has 1 aliphatic heterocycles. The van der Waals surface area contributed by atoms with Crippen LogP contribution in [0.5, 0.6) is 0 Å². The molecule has 2 aromatic rings. The SMILES string of the molecule is O=C(CNC(=O)NC1CCCCC1)Nc1ccc(N2CCN(Cc3ccccc3)CC2)cc1. The molecule has 0 radical (unpaired) electrons. The molecule has 1 saturated heterocycles. The van der Waals surface area contributed by atoms with Gasteiger partial charge in [-0.1, -0.05) is 49.6 Å². The molecule has 33 heavy (non-hydrogen) atoms. The van der Waals surface area contributed by atoms with Crippen molar-refractivity contribution < 1.29 is 9.59 Å². The van der Waals surface area contributed by atoms with Crippen molar-refractivity contribution in [2.45, 2.75) is 44.7 Å². The normalized spacial score (nSPS) is 17.4. The van der Waals surface area contributed by atoms with E-state index in [1.54, 1.807) is 0 Å². The second-order valence-corrected chi connectivity index (χ2v) is 9.01. The Hall–Kier alpha value is -3.06. The van der Waals surface area contributed by atoms with E-state index in [0.717, 1.165) is 69.8 Å². The van der Waals surface area contributed by atoms with Crippen molar-refractivity contribution in [2.75, 3.05) is 42.9 Å². The van der Waals surface area contributed by atoms with Crippen LogP contribution >= 0.6 is 0 Å². The second kappa shape index (κ2) is 11.7. The van der Waals surface area contributed by atoms with Crippen molar-refractivity contribution in [3.8, 4) is 0 Å². The third-order valence-electron chi connectivity index (χ3n) is 6.49. The Morgan fingerprint density at radius 1 is 0.848 bits per heavy atom. The number of carbonyl (C=O) groups excluding carboxylic acids is 2. The molecule has 7 heteroatoms. The molecule has 0 spiro atoms. The molecule has 2 aromatic carbocycles. The lowest BCUT2D eigenvalue weighted by Crippen LogP contribution is -2.46. The highest BCUT2D eigenvalue weighted by Crippen LogP contribution is 2.20. The highest BCUT2D eigenvalue weighted by atomic mass is 16.2. The lowest BCUT2D eigenvalue weighted by atomic mass is 9.96. The average molecular weight is 450 g/mol. The molecule has 2 fully saturated rings. The number of anilines is 2. The van der Waals surface area contributed by atoms with Crippen LogP contribution in [-0.2, 0) is 11.3 Å². The minimum Gasteiger partial charge on any atom is -0.369 e. The molecule has 3 amide bonds. The molecule has 0 atom stereocenters. The Balaban J connectivity index is 1.17. The number of hydrogen-bond acceptors (Lipinski definition) is 4. The first kappa shape index (κ1) is 23.1. The predicted octanol–water partition coefficient (Wildman–Crippen LogP) is 3.58. The van der Waals surface area contributed by atoms with Crippen LogP contribution in [-0.4, -0.2) is 55.6 Å². The summed E-state index contributed by atoms with van der Waals surface area (Å²) in [6.07, 6.45) is 5.60. The van der Waals surface area contributed by atoms with Gasteiger partial charge in [0.15, 0.2) is 0 Å². The highest BCUT2D eigenvalue weighted by molar-refractivity contribution is 5.94. The largest absolute Gasteiger partial charge is 0.369 e. The second-order valence-electron chi connectivity index (χ2n) is 9.01. The van der Waals surface area contributed by atoms with Crippen molar-refractivity contribution in [3.63, 3.8) is 0 Å². The van der Waals surface area contributed by atoms with Gasteiger partial charge in [0.05, 0.1) is 6.54 Å². The van der Waals surface area contributed by atoms with E-state index in [2.05, 4.69) is 56.1 Å². The van der Waals surface area contributed by atoms with Crippen LogP contribution in [0.2, 0.25) is 0 Å². The summed E-state index contributed by atoms with van der Waals surface area (Å²) in [4.78, 5) is 29.1. The van der Waals surface area contributed by atoms with Crippen LogP contribution in [0.25, 0.3) is 0 Å². The fourth-order valence-electron chi connectivity index (χ4n) is 4.61. The first-order chi connectivity index (χ1) is 16.2. The van der Waals surface area contributed by atoms with Gasteiger partial charge < -0.3 is 20.9 Å². The minimum atomic E-state index is -0.265. The molecular weight excluding hydrogens is 414 g/mol. The van der Waals surface area contributed by atoms with Crippen LogP contribution < -0.4 is 20.9 Å². The molecule has 0 aromatic heterocycles. The first-order valence-corrected chi connectivity index (χ1v) is 12.1. The van der Waals surface area contributed by atoms with Gasteiger partial charge in [-0.15, -0.1) is 0 Å². The lowest BCUT2D eigenvalue weighted by Gasteiger charge is -2.36. The molecular formula is C26H35N5O2. The van der Waals surface area contributed by atoms with Gasteiger partial charge in [-0.3, -0.25) is 9.69 Å². The van der Waals surface area contributed by atoms with E-state index >= 15 is 0 Å². The smallest absolute Gasteiger partial charge is 0.315 e. The molecule has 176 valence electrons. The lowest BCUT2D eigenvalue weighted by molar-refractivity contribution is -0.115. The Morgan fingerprint density at radius 3 is 2.24 bits per heavy atom. The number of urea groups is 1. The maximum Gasteiger partial charge on any atom is 0.315 e. The van der Waals surface area contributed by atoms with Gasteiger partial charge in [0.2, 0.25) is 5.91 Å². The summed E-state index contributed by atoms with van der Waals surface area (Å²) in [6.45, 7) is 4.98. The Kier molecular flexibility index (Phi) is 8.19. The maximum absolute atomic E-state index is 12.2. The summed E-state index contributed by atoms with van der Waals surface area (Å²) in [6, 6.07) is 18.5. The average Bonchev–Trinajstić information content (AvgIpc) is 2.85. The van der Waals surface area contributed by atoms with Gasteiger partial charge in [-0.2, -0.15) is 0 Å². The summed E-state index contributed by atoms with van der Waals surface area (Å²) in [5.41, 5.74) is 3.25. The van der Waals surface area contributed by atoms with E-state index < -0.39 is 0 Å². The number of hydrogen-bond donors (Lipinski definition) is 3. The minimum absolute atomic E-state index is 0.0380. The van der Waals surface area contributed by atoms with E-state index in [1.165, 1.54) is 12.0 Å². The Labute approximate surface area is 196 Å². The number of rotatable bonds is 7. The summed E-state index contributed by atoms with van der Waals surface area (Å²) < 4.78 is 0. The van der Waals surface area contributed by atoms with Crippen molar-refractivity contribution >= 4 is 23.3 Å². The molecule has 4 rings (SSSR count). The summed E-state index contributed by atoms with van der Waals surface area (Å²) in [5.74, 6) is -0.226. The number of amides is 3. The molecule has 2 aliphatic rings. The van der Waals surface area contributed by atoms with Crippen LogP contribution in [0.4, 0.5) is 16.2 Å². The molecule has 1 aliphatic carbocycles.